The maximum absolute atomic E-state index is 11.3. The van der Waals surface area contributed by atoms with Crippen LogP contribution in [-0.2, 0) is 18.1 Å². The van der Waals surface area contributed by atoms with E-state index in [0.29, 0.717) is 11.6 Å². The number of nitrogens with zero attached hydrogens (tertiary/aromatic N) is 4. The summed E-state index contributed by atoms with van der Waals surface area (Å²) < 4.78 is 14.3. The molecule has 0 aliphatic carbocycles. The minimum Gasteiger partial charge on any atom is -0.354 e. The van der Waals surface area contributed by atoms with Crippen LogP contribution in [0.25, 0.3) is 0 Å². The van der Waals surface area contributed by atoms with Crippen LogP contribution < -0.4 is 5.69 Å². The quantitative estimate of drug-likeness (QED) is 0.816. The first kappa shape index (κ1) is 11.2. The van der Waals surface area contributed by atoms with Crippen LogP contribution in [0.4, 0.5) is 0 Å². The Bertz CT molecular complexity index is 513. The van der Waals surface area contributed by atoms with Gasteiger partial charge in [0.1, 0.15) is 12.4 Å². The van der Waals surface area contributed by atoms with Crippen molar-refractivity contribution in [3.63, 3.8) is 0 Å². The molecule has 0 bridgehead atoms. The van der Waals surface area contributed by atoms with E-state index in [0.717, 1.165) is 17.4 Å². The van der Waals surface area contributed by atoms with Crippen LogP contribution in [0, 0.1) is 0 Å². The number of hydrogen-bond donors (Lipinski definition) is 0. The molecule has 0 spiro atoms. The summed E-state index contributed by atoms with van der Waals surface area (Å²) in [5.41, 5.74) is 0.328. The van der Waals surface area contributed by atoms with Gasteiger partial charge in [-0.25, -0.2) is 4.79 Å². The lowest BCUT2D eigenvalue weighted by atomic mass is 10.5. The molecule has 0 radical (unpaired) electrons. The molecular weight excluding hydrogens is 252 g/mol. The summed E-state index contributed by atoms with van der Waals surface area (Å²) in [7, 11) is 0. The van der Waals surface area contributed by atoms with E-state index in [1.54, 1.807) is 6.20 Å². The fourth-order valence-corrected chi connectivity index (χ4v) is 1.60. The molecule has 0 amide bonds. The van der Waals surface area contributed by atoms with E-state index in [9.17, 15) is 4.79 Å². The molecule has 2 heterocycles. The summed E-state index contributed by atoms with van der Waals surface area (Å²) in [6.07, 6.45) is 4.38. The highest BCUT2D eigenvalue weighted by Gasteiger charge is 2.00. The lowest BCUT2D eigenvalue weighted by Crippen LogP contribution is -2.23. The fourth-order valence-electron chi connectivity index (χ4n) is 1.02. The van der Waals surface area contributed by atoms with Crippen molar-refractivity contribution in [2.75, 3.05) is 0 Å². The van der Waals surface area contributed by atoms with Gasteiger partial charge in [0.15, 0.2) is 0 Å². The van der Waals surface area contributed by atoms with E-state index in [1.165, 1.54) is 17.0 Å². The molecule has 0 aliphatic heterocycles. The van der Waals surface area contributed by atoms with Gasteiger partial charge in [-0.1, -0.05) is 11.6 Å². The summed E-state index contributed by atoms with van der Waals surface area (Å²) in [4.78, 5) is 14.8. The molecule has 84 valence electrons. The lowest BCUT2D eigenvalue weighted by Gasteiger charge is -2.04. The molecule has 0 aromatic carbocycles. The molecular formula is C8H7ClN4O2S. The van der Waals surface area contributed by atoms with E-state index in [-0.39, 0.29) is 6.73 Å². The average Bonchev–Trinajstić information content (AvgIpc) is 2.76. The predicted octanol–water partition coefficient (Wildman–Crippen LogP) is 0.922. The van der Waals surface area contributed by atoms with Crippen molar-refractivity contribution in [2.24, 2.45) is 0 Å². The van der Waals surface area contributed by atoms with Crippen molar-refractivity contribution in [2.45, 2.75) is 13.3 Å². The monoisotopic (exact) mass is 258 g/mol. The van der Waals surface area contributed by atoms with Crippen LogP contribution in [0.1, 0.15) is 5.69 Å². The van der Waals surface area contributed by atoms with Gasteiger partial charge in [0, 0.05) is 6.20 Å². The van der Waals surface area contributed by atoms with Crippen molar-refractivity contribution < 1.29 is 4.74 Å². The summed E-state index contributed by atoms with van der Waals surface area (Å²) in [5, 5.41) is 0.388. The first-order valence-corrected chi connectivity index (χ1v) is 5.43. The summed E-state index contributed by atoms with van der Waals surface area (Å²) in [5.74, 6) is 0. The maximum atomic E-state index is 11.3. The SMILES string of the molecule is O=c1ncc(Cl)cn1COCc1cnsn1. The Balaban J connectivity index is 1.94. The van der Waals surface area contributed by atoms with Crippen molar-refractivity contribution in [3.05, 3.63) is 39.8 Å². The predicted molar refractivity (Wildman–Crippen MR) is 58.2 cm³/mol. The fraction of sp³-hybridized carbons (Fsp3) is 0.250. The molecule has 0 saturated carbocycles. The van der Waals surface area contributed by atoms with E-state index in [4.69, 9.17) is 16.3 Å². The van der Waals surface area contributed by atoms with E-state index in [1.807, 2.05) is 0 Å². The Labute approximate surface area is 99.8 Å². The van der Waals surface area contributed by atoms with Gasteiger partial charge in [-0.05, 0) is 0 Å². The minimum absolute atomic E-state index is 0.0872. The number of hydrogen-bond acceptors (Lipinski definition) is 6. The van der Waals surface area contributed by atoms with Crippen molar-refractivity contribution in [1.82, 2.24) is 18.3 Å². The second-order valence-electron chi connectivity index (χ2n) is 2.90. The molecule has 0 aliphatic rings. The largest absolute Gasteiger partial charge is 0.354 e. The standard InChI is InChI=1S/C8H7ClN4O2S/c9-6-1-10-8(14)13(3-6)5-15-4-7-2-11-16-12-7/h1-3H,4-5H2. The van der Waals surface area contributed by atoms with Crippen molar-refractivity contribution >= 4 is 23.3 Å². The number of ether oxygens (including phenoxy) is 1. The average molecular weight is 259 g/mol. The highest BCUT2D eigenvalue weighted by Crippen LogP contribution is 2.02. The topological polar surface area (TPSA) is 69.9 Å². The van der Waals surface area contributed by atoms with E-state index < -0.39 is 5.69 Å². The molecule has 0 fully saturated rings. The maximum Gasteiger partial charge on any atom is 0.349 e. The molecule has 0 N–H and O–H groups in total. The van der Waals surface area contributed by atoms with Gasteiger partial charge in [0.05, 0.1) is 35.8 Å². The lowest BCUT2D eigenvalue weighted by molar-refractivity contribution is 0.0592. The van der Waals surface area contributed by atoms with Crippen LogP contribution in [0.15, 0.2) is 23.4 Å². The summed E-state index contributed by atoms with van der Waals surface area (Å²) >= 11 is 6.81. The van der Waals surface area contributed by atoms with Crippen molar-refractivity contribution in [1.29, 1.82) is 0 Å². The van der Waals surface area contributed by atoms with Gasteiger partial charge >= 0.3 is 5.69 Å². The van der Waals surface area contributed by atoms with Gasteiger partial charge in [-0.15, -0.1) is 0 Å². The smallest absolute Gasteiger partial charge is 0.349 e. The molecule has 2 aromatic heterocycles. The third kappa shape index (κ3) is 2.84. The second-order valence-corrected chi connectivity index (χ2v) is 3.89. The van der Waals surface area contributed by atoms with Crippen LogP contribution in [-0.4, -0.2) is 18.3 Å². The van der Waals surface area contributed by atoms with Gasteiger partial charge in [0.2, 0.25) is 0 Å². The third-order valence-electron chi connectivity index (χ3n) is 1.71. The molecule has 16 heavy (non-hydrogen) atoms. The molecule has 8 heteroatoms. The zero-order valence-electron chi connectivity index (χ0n) is 8.04. The van der Waals surface area contributed by atoms with Gasteiger partial charge in [0.25, 0.3) is 0 Å². The molecule has 0 unspecified atom stereocenters. The Kier molecular flexibility index (Phi) is 3.60. The Morgan fingerprint density at radius 2 is 2.38 bits per heavy atom. The molecule has 6 nitrogen and oxygen atoms in total. The van der Waals surface area contributed by atoms with Gasteiger partial charge in [-0.2, -0.15) is 13.7 Å². The summed E-state index contributed by atoms with van der Waals surface area (Å²) in [6.45, 7) is 0.388. The second kappa shape index (κ2) is 5.15. The van der Waals surface area contributed by atoms with Gasteiger partial charge < -0.3 is 4.74 Å². The Morgan fingerprint density at radius 3 is 3.12 bits per heavy atom. The van der Waals surface area contributed by atoms with Crippen LogP contribution in [0.2, 0.25) is 5.02 Å². The van der Waals surface area contributed by atoms with Crippen molar-refractivity contribution in [3.8, 4) is 0 Å². The van der Waals surface area contributed by atoms with Crippen LogP contribution in [0.3, 0.4) is 0 Å². The normalized spacial score (nSPS) is 10.6. The Morgan fingerprint density at radius 1 is 1.50 bits per heavy atom. The minimum atomic E-state index is -0.402. The van der Waals surface area contributed by atoms with E-state index in [2.05, 4.69) is 13.7 Å². The van der Waals surface area contributed by atoms with Crippen LogP contribution >= 0.6 is 23.3 Å². The molecule has 0 saturated heterocycles. The number of rotatable bonds is 4. The zero-order valence-corrected chi connectivity index (χ0v) is 9.61. The highest BCUT2D eigenvalue weighted by molar-refractivity contribution is 6.99. The molecule has 0 atom stereocenters. The molecule has 2 rings (SSSR count). The van der Waals surface area contributed by atoms with Gasteiger partial charge in [-0.3, -0.25) is 4.57 Å². The number of halogens is 1. The third-order valence-corrected chi connectivity index (χ3v) is 2.42. The number of aromatic nitrogens is 4. The highest BCUT2D eigenvalue weighted by atomic mass is 35.5. The Hall–Kier alpha value is -1.31. The van der Waals surface area contributed by atoms with Crippen LogP contribution in [0.5, 0.6) is 0 Å². The molecule has 2 aromatic rings. The first-order valence-electron chi connectivity index (χ1n) is 4.32. The first-order chi connectivity index (χ1) is 7.75. The van der Waals surface area contributed by atoms with E-state index >= 15 is 0 Å². The summed E-state index contributed by atoms with van der Waals surface area (Å²) in [6, 6.07) is 0. The zero-order chi connectivity index (χ0) is 11.4.